The first kappa shape index (κ1) is 74.5. The van der Waals surface area contributed by atoms with E-state index in [9.17, 15) is 35.4 Å². The molecule has 2 unspecified atom stereocenters. The molecule has 0 radical (unpaired) electrons. The summed E-state index contributed by atoms with van der Waals surface area (Å²) in [4.78, 5) is 11.9. The molecular formula is C70H114O11. The number of aliphatic hydroxyl groups is 6. The van der Waals surface area contributed by atoms with Gasteiger partial charge in [0.25, 0.3) is 0 Å². The lowest BCUT2D eigenvalue weighted by molar-refractivity contribution is -0.0205. The number of aryl methyl sites for hydroxylation is 1. The Bertz CT molecular complexity index is 2190. The van der Waals surface area contributed by atoms with E-state index in [4.69, 9.17) is 18.9 Å². The molecular weight excluding hydrogens is 1020 g/mol. The monoisotopic (exact) mass is 1130 g/mol. The van der Waals surface area contributed by atoms with Crippen molar-refractivity contribution in [3.05, 3.63) is 119 Å². The van der Waals surface area contributed by atoms with E-state index < -0.39 is 34.6 Å². The number of rotatable bonds is 38. The van der Waals surface area contributed by atoms with Gasteiger partial charge in [-0.3, -0.25) is 4.79 Å². The van der Waals surface area contributed by atoms with Crippen molar-refractivity contribution in [3.8, 4) is 23.0 Å². The Balaban J connectivity index is 0.000000540. The highest BCUT2D eigenvalue weighted by Gasteiger charge is 2.28. The van der Waals surface area contributed by atoms with Crippen LogP contribution in [0.4, 0.5) is 0 Å². The molecule has 11 nitrogen and oxygen atoms in total. The fraction of sp³-hybridized carbons (Fsp3) is 0.643. The first-order valence-corrected chi connectivity index (χ1v) is 31.5. The Kier molecular flexibility index (Phi) is 38.9. The largest absolute Gasteiger partial charge is 0.491 e. The molecule has 0 bridgehead atoms. The third-order valence-electron chi connectivity index (χ3n) is 14.6. The van der Waals surface area contributed by atoms with Gasteiger partial charge in [-0.15, -0.1) is 0 Å². The maximum atomic E-state index is 11.9. The van der Waals surface area contributed by atoms with E-state index in [-0.39, 0.29) is 19.0 Å². The number of carbonyl (C=O) groups excluding carboxylic acids is 1. The Morgan fingerprint density at radius 1 is 0.407 bits per heavy atom. The molecule has 4 aromatic rings. The Hall–Kier alpha value is -4.49. The van der Waals surface area contributed by atoms with E-state index >= 15 is 0 Å². The molecule has 0 aromatic heterocycles. The summed E-state index contributed by atoms with van der Waals surface area (Å²) >= 11 is 0. The van der Waals surface area contributed by atoms with E-state index in [1.165, 1.54) is 18.4 Å². The number of Topliss-reactive ketones (excluding diaryl/α,β-unsaturated/α-hetero) is 1. The molecule has 11 heteroatoms. The molecule has 4 aromatic carbocycles. The highest BCUT2D eigenvalue weighted by molar-refractivity contribution is 5.96. The molecule has 0 saturated carbocycles. The van der Waals surface area contributed by atoms with Crippen LogP contribution in [0.5, 0.6) is 23.0 Å². The van der Waals surface area contributed by atoms with E-state index in [1.54, 1.807) is 6.07 Å². The summed E-state index contributed by atoms with van der Waals surface area (Å²) in [7, 11) is 0. The molecule has 0 aliphatic rings. The van der Waals surface area contributed by atoms with Gasteiger partial charge < -0.3 is 49.6 Å². The van der Waals surface area contributed by atoms with Gasteiger partial charge in [0.05, 0.1) is 34.6 Å². The summed E-state index contributed by atoms with van der Waals surface area (Å²) in [5.41, 5.74) is 0.789. The zero-order valence-electron chi connectivity index (χ0n) is 52.7. The van der Waals surface area contributed by atoms with Gasteiger partial charge in [-0.25, -0.2) is 0 Å². The highest BCUT2D eigenvalue weighted by Crippen LogP contribution is 2.29. The first-order valence-electron chi connectivity index (χ1n) is 31.5. The fourth-order valence-electron chi connectivity index (χ4n) is 9.73. The second-order valence-electron chi connectivity index (χ2n) is 22.5. The molecule has 0 heterocycles. The van der Waals surface area contributed by atoms with Crippen molar-refractivity contribution in [1.82, 2.24) is 0 Å². The van der Waals surface area contributed by atoms with Gasteiger partial charge in [0.15, 0.2) is 5.78 Å². The molecule has 4 rings (SSSR count). The molecule has 6 N–H and O–H groups in total. The number of hydrogen-bond acceptors (Lipinski definition) is 11. The summed E-state index contributed by atoms with van der Waals surface area (Å²) in [6.45, 7) is 25.9. The van der Waals surface area contributed by atoms with Crippen LogP contribution < -0.4 is 18.9 Å². The minimum atomic E-state index is -0.771. The number of carbonyl (C=O) groups is 1. The maximum absolute atomic E-state index is 11.9. The van der Waals surface area contributed by atoms with Crippen molar-refractivity contribution in [1.29, 1.82) is 0 Å². The molecule has 81 heavy (non-hydrogen) atoms. The number of aliphatic hydroxyl groups excluding tert-OH is 2. The number of unbranched alkanes of at least 4 members (excludes halogenated alkanes) is 1. The highest BCUT2D eigenvalue weighted by atomic mass is 16.5. The SMILES string of the molecule is CCCC(=O)c1cccc(OCC(O)(CCC)CCC)c1.CCCC(O)c1cccc(OCC(O)(CC)CC)c1.CCCC(O)c1cccc(OCC(O)(CCC)CCC)c1.CCCCc1cccc(OCC(O)(CCC)CCC)c1. The zero-order valence-corrected chi connectivity index (χ0v) is 52.7. The quantitative estimate of drug-likeness (QED) is 0.0236. The fourth-order valence-corrected chi connectivity index (χ4v) is 9.73. The molecule has 0 saturated heterocycles. The minimum absolute atomic E-state index is 0.139. The van der Waals surface area contributed by atoms with E-state index in [2.05, 4.69) is 67.5 Å². The lowest BCUT2D eigenvalue weighted by atomic mass is 9.94. The van der Waals surface area contributed by atoms with Crippen molar-refractivity contribution in [2.75, 3.05) is 26.4 Å². The van der Waals surface area contributed by atoms with E-state index in [0.29, 0.717) is 55.3 Å². The molecule has 0 aliphatic carbocycles. The van der Waals surface area contributed by atoms with Gasteiger partial charge in [0.1, 0.15) is 49.4 Å². The second-order valence-corrected chi connectivity index (χ2v) is 22.5. The Morgan fingerprint density at radius 3 is 1.10 bits per heavy atom. The maximum Gasteiger partial charge on any atom is 0.162 e. The Labute approximate surface area is 492 Å². The van der Waals surface area contributed by atoms with Gasteiger partial charge in [-0.2, -0.15) is 0 Å². The van der Waals surface area contributed by atoms with Crippen molar-refractivity contribution in [2.24, 2.45) is 0 Å². The third-order valence-corrected chi connectivity index (χ3v) is 14.6. The van der Waals surface area contributed by atoms with Crippen LogP contribution in [0.1, 0.15) is 264 Å². The topological polar surface area (TPSA) is 175 Å². The summed E-state index contributed by atoms with van der Waals surface area (Å²) in [5.74, 6) is 3.09. The summed E-state index contributed by atoms with van der Waals surface area (Å²) in [6.07, 6.45) is 19.0. The smallest absolute Gasteiger partial charge is 0.162 e. The van der Waals surface area contributed by atoms with Crippen LogP contribution in [0.3, 0.4) is 0 Å². The van der Waals surface area contributed by atoms with E-state index in [0.717, 1.165) is 132 Å². The van der Waals surface area contributed by atoms with Crippen LogP contribution in [0.2, 0.25) is 0 Å². The molecule has 0 aliphatic heterocycles. The van der Waals surface area contributed by atoms with Crippen LogP contribution in [0.25, 0.3) is 0 Å². The standard InChI is InChI=1S/C18H30O3.C18H28O3.C18H30O2.C16H26O3/c2*1-4-8-17(19)15-9-7-10-16(13-15)21-14-18(20,11-5-2)12-6-3;1-4-7-9-16-10-8-11-17(14-16)20-15-18(19,12-5-2)13-6-3;1-4-8-15(17)13-9-7-10-14(11-13)19-12-16(18,5-2)6-3/h7,9-10,13,17,19-20H,4-6,8,11-12,14H2,1-3H3;7,9-10,13,20H,4-6,8,11-12,14H2,1-3H3;8,10-11,14,19H,4-7,9,12-13,15H2,1-3H3;7,9-11,15,17-18H,4-6,8,12H2,1-3H3. The summed E-state index contributed by atoms with van der Waals surface area (Å²) < 4.78 is 23.0. The van der Waals surface area contributed by atoms with Crippen LogP contribution >= 0.6 is 0 Å². The van der Waals surface area contributed by atoms with E-state index in [1.807, 2.05) is 107 Å². The van der Waals surface area contributed by atoms with Crippen LogP contribution in [-0.4, -0.2) is 85.3 Å². The Morgan fingerprint density at radius 2 is 0.753 bits per heavy atom. The van der Waals surface area contributed by atoms with Crippen LogP contribution in [-0.2, 0) is 6.42 Å². The summed E-state index contributed by atoms with van der Waals surface area (Å²) in [6, 6.07) is 30.6. The average Bonchev–Trinajstić information content (AvgIpc) is 3.46. The third kappa shape index (κ3) is 31.1. The van der Waals surface area contributed by atoms with Crippen molar-refractivity contribution < 1.29 is 54.4 Å². The lowest BCUT2D eigenvalue weighted by Gasteiger charge is -2.27. The molecule has 0 spiro atoms. The van der Waals surface area contributed by atoms with Gasteiger partial charge in [-0.1, -0.05) is 189 Å². The van der Waals surface area contributed by atoms with Crippen molar-refractivity contribution in [3.63, 3.8) is 0 Å². The number of ether oxygens (including phenoxy) is 4. The molecule has 2 atom stereocenters. The predicted octanol–water partition coefficient (Wildman–Crippen LogP) is 16.8. The van der Waals surface area contributed by atoms with Crippen LogP contribution in [0, 0.1) is 0 Å². The number of hydrogen-bond donors (Lipinski definition) is 6. The van der Waals surface area contributed by atoms with Crippen LogP contribution in [0.15, 0.2) is 97.1 Å². The predicted molar refractivity (Wildman–Crippen MR) is 335 cm³/mol. The minimum Gasteiger partial charge on any atom is -0.491 e. The summed E-state index contributed by atoms with van der Waals surface area (Å²) in [5, 5.41) is 61.8. The van der Waals surface area contributed by atoms with Crippen molar-refractivity contribution in [2.45, 2.75) is 265 Å². The van der Waals surface area contributed by atoms with Gasteiger partial charge >= 0.3 is 0 Å². The lowest BCUT2D eigenvalue weighted by Crippen LogP contribution is -2.35. The normalized spacial score (nSPS) is 12.4. The number of ketones is 1. The average molecular weight is 1130 g/mol. The zero-order chi connectivity index (χ0) is 60.6. The number of benzene rings is 4. The first-order chi connectivity index (χ1) is 38.8. The molecule has 0 fully saturated rings. The molecule has 460 valence electrons. The van der Waals surface area contributed by atoms with Gasteiger partial charge in [0.2, 0.25) is 0 Å². The second kappa shape index (κ2) is 42.3. The van der Waals surface area contributed by atoms with Gasteiger partial charge in [-0.05, 0) is 149 Å². The van der Waals surface area contributed by atoms with Crippen molar-refractivity contribution >= 4 is 5.78 Å². The molecule has 0 amide bonds. The van der Waals surface area contributed by atoms with Gasteiger partial charge in [0, 0.05) is 12.0 Å².